The number of Topliss-reactive ketones (excluding diaryl/α,β-unsaturated/α-hetero) is 1. The molecule has 0 bridgehead atoms. The monoisotopic (exact) mass is 185 g/mol. The lowest BCUT2D eigenvalue weighted by atomic mass is 10.00. The molecule has 0 aromatic heterocycles. The number of hydrogen-bond donors (Lipinski definition) is 1. The van der Waals surface area contributed by atoms with Gasteiger partial charge in [0.05, 0.1) is 12.6 Å². The van der Waals surface area contributed by atoms with Crippen LogP contribution < -0.4 is 0 Å². The molecule has 0 aliphatic carbocycles. The van der Waals surface area contributed by atoms with Gasteiger partial charge in [0, 0.05) is 12.5 Å². The third-order valence-corrected chi connectivity index (χ3v) is 2.85. The van der Waals surface area contributed by atoms with E-state index in [1.807, 2.05) is 13.8 Å². The summed E-state index contributed by atoms with van der Waals surface area (Å²) in [6.07, 6.45) is 2.22. The number of aliphatic hydroxyl groups excluding tert-OH is 1. The van der Waals surface area contributed by atoms with Crippen molar-refractivity contribution in [1.29, 1.82) is 0 Å². The van der Waals surface area contributed by atoms with Crippen LogP contribution in [0.4, 0.5) is 0 Å². The summed E-state index contributed by atoms with van der Waals surface area (Å²) < 4.78 is 0. The highest BCUT2D eigenvalue weighted by Gasteiger charge is 2.26. The molecule has 76 valence electrons. The van der Waals surface area contributed by atoms with Gasteiger partial charge < -0.3 is 5.11 Å². The van der Waals surface area contributed by atoms with Gasteiger partial charge in [0.25, 0.3) is 0 Å². The van der Waals surface area contributed by atoms with E-state index >= 15 is 0 Å². The van der Waals surface area contributed by atoms with E-state index < -0.39 is 0 Å². The largest absolute Gasteiger partial charge is 0.392 e. The number of hydrogen-bond acceptors (Lipinski definition) is 3. The highest BCUT2D eigenvalue weighted by Crippen LogP contribution is 2.16. The van der Waals surface area contributed by atoms with Crippen molar-refractivity contribution in [2.75, 3.05) is 13.1 Å². The van der Waals surface area contributed by atoms with E-state index in [1.54, 1.807) is 0 Å². The van der Waals surface area contributed by atoms with Crippen molar-refractivity contribution in [2.24, 2.45) is 0 Å². The predicted octanol–water partition coefficient (Wildman–Crippen LogP) is 0.811. The molecule has 0 saturated carbocycles. The SMILES string of the molecule is CCC(=O)CN1CCCC(O)C1C. The van der Waals surface area contributed by atoms with Crippen LogP contribution >= 0.6 is 0 Å². The van der Waals surface area contributed by atoms with E-state index in [2.05, 4.69) is 4.90 Å². The molecule has 2 atom stereocenters. The number of carbonyl (C=O) groups is 1. The van der Waals surface area contributed by atoms with Crippen LogP contribution in [0.15, 0.2) is 0 Å². The number of nitrogens with zero attached hydrogens (tertiary/aromatic N) is 1. The molecule has 13 heavy (non-hydrogen) atoms. The van der Waals surface area contributed by atoms with Gasteiger partial charge in [0.15, 0.2) is 0 Å². The molecule has 1 N–H and O–H groups in total. The molecule has 1 fully saturated rings. The molecule has 0 aromatic rings. The number of rotatable bonds is 3. The van der Waals surface area contributed by atoms with E-state index in [0.29, 0.717) is 13.0 Å². The molecular weight excluding hydrogens is 166 g/mol. The van der Waals surface area contributed by atoms with Crippen LogP contribution in [0.3, 0.4) is 0 Å². The maximum Gasteiger partial charge on any atom is 0.146 e. The van der Waals surface area contributed by atoms with Crippen LogP contribution in [-0.2, 0) is 4.79 Å². The summed E-state index contributed by atoms with van der Waals surface area (Å²) in [4.78, 5) is 13.3. The molecule has 1 aliphatic rings. The van der Waals surface area contributed by atoms with Gasteiger partial charge in [-0.25, -0.2) is 0 Å². The summed E-state index contributed by atoms with van der Waals surface area (Å²) in [5.41, 5.74) is 0. The Kier molecular flexibility index (Phi) is 3.88. The highest BCUT2D eigenvalue weighted by molar-refractivity contribution is 5.80. The molecule has 2 unspecified atom stereocenters. The second-order valence-electron chi connectivity index (χ2n) is 3.81. The van der Waals surface area contributed by atoms with Gasteiger partial charge in [-0.1, -0.05) is 6.92 Å². The van der Waals surface area contributed by atoms with Crippen molar-refractivity contribution in [1.82, 2.24) is 4.90 Å². The molecule has 3 nitrogen and oxygen atoms in total. The predicted molar refractivity (Wildman–Crippen MR) is 51.6 cm³/mol. The topological polar surface area (TPSA) is 40.5 Å². The first-order valence-corrected chi connectivity index (χ1v) is 5.09. The van der Waals surface area contributed by atoms with Gasteiger partial charge in [0.1, 0.15) is 5.78 Å². The molecule has 1 saturated heterocycles. The average Bonchev–Trinajstić information content (AvgIpc) is 2.13. The van der Waals surface area contributed by atoms with Crippen molar-refractivity contribution in [2.45, 2.75) is 45.3 Å². The van der Waals surface area contributed by atoms with Crippen LogP contribution in [0.5, 0.6) is 0 Å². The van der Waals surface area contributed by atoms with Crippen molar-refractivity contribution < 1.29 is 9.90 Å². The number of ketones is 1. The second kappa shape index (κ2) is 4.72. The van der Waals surface area contributed by atoms with Gasteiger partial charge in [-0.3, -0.25) is 9.69 Å². The zero-order valence-corrected chi connectivity index (χ0v) is 8.49. The fraction of sp³-hybridized carbons (Fsp3) is 0.900. The summed E-state index contributed by atoms with van der Waals surface area (Å²) in [5.74, 6) is 0.265. The van der Waals surface area contributed by atoms with Crippen LogP contribution in [0.1, 0.15) is 33.1 Å². The van der Waals surface area contributed by atoms with Gasteiger partial charge in [-0.2, -0.15) is 0 Å². The third kappa shape index (κ3) is 2.78. The van der Waals surface area contributed by atoms with Crippen molar-refractivity contribution in [3.63, 3.8) is 0 Å². The van der Waals surface area contributed by atoms with Crippen LogP contribution in [0, 0.1) is 0 Å². The smallest absolute Gasteiger partial charge is 0.146 e. The molecule has 0 aromatic carbocycles. The summed E-state index contributed by atoms with van der Waals surface area (Å²) in [6, 6.07) is 0.143. The van der Waals surface area contributed by atoms with E-state index in [-0.39, 0.29) is 17.9 Å². The molecule has 0 spiro atoms. The zero-order chi connectivity index (χ0) is 9.84. The minimum absolute atomic E-state index is 0.143. The first-order valence-electron chi connectivity index (χ1n) is 5.09. The molecule has 1 aliphatic heterocycles. The fourth-order valence-corrected chi connectivity index (χ4v) is 1.75. The van der Waals surface area contributed by atoms with Crippen LogP contribution in [0.2, 0.25) is 0 Å². The summed E-state index contributed by atoms with van der Waals surface area (Å²) in [5, 5.41) is 9.58. The molecule has 3 heteroatoms. The first-order chi connectivity index (χ1) is 6.15. The van der Waals surface area contributed by atoms with Crippen molar-refractivity contribution in [3.8, 4) is 0 Å². The maximum atomic E-state index is 11.2. The number of aliphatic hydroxyl groups is 1. The number of likely N-dealkylation sites (tertiary alicyclic amines) is 1. The van der Waals surface area contributed by atoms with E-state index in [9.17, 15) is 9.90 Å². The zero-order valence-electron chi connectivity index (χ0n) is 8.49. The normalized spacial score (nSPS) is 30.4. The summed E-state index contributed by atoms with van der Waals surface area (Å²) in [6.45, 7) is 5.33. The second-order valence-corrected chi connectivity index (χ2v) is 3.81. The molecule has 0 radical (unpaired) electrons. The van der Waals surface area contributed by atoms with Gasteiger partial charge in [-0.15, -0.1) is 0 Å². The Morgan fingerprint density at radius 3 is 2.92 bits per heavy atom. The fourth-order valence-electron chi connectivity index (χ4n) is 1.75. The van der Waals surface area contributed by atoms with Crippen LogP contribution in [-0.4, -0.2) is 41.0 Å². The Hall–Kier alpha value is -0.410. The van der Waals surface area contributed by atoms with E-state index in [4.69, 9.17) is 0 Å². The minimum atomic E-state index is -0.251. The van der Waals surface area contributed by atoms with Gasteiger partial charge in [-0.05, 0) is 26.3 Å². The Morgan fingerprint density at radius 1 is 1.62 bits per heavy atom. The minimum Gasteiger partial charge on any atom is -0.392 e. The van der Waals surface area contributed by atoms with Crippen molar-refractivity contribution >= 4 is 5.78 Å². The Bertz CT molecular complexity index is 182. The van der Waals surface area contributed by atoms with Gasteiger partial charge in [0.2, 0.25) is 0 Å². The first kappa shape index (κ1) is 10.7. The Morgan fingerprint density at radius 2 is 2.31 bits per heavy atom. The average molecular weight is 185 g/mol. The molecular formula is C10H19NO2. The lowest BCUT2D eigenvalue weighted by Crippen LogP contribution is -2.48. The lowest BCUT2D eigenvalue weighted by Gasteiger charge is -2.36. The summed E-state index contributed by atoms with van der Waals surface area (Å²) in [7, 11) is 0. The maximum absolute atomic E-state index is 11.2. The Labute approximate surface area is 79.7 Å². The molecule has 0 amide bonds. The molecule has 1 heterocycles. The Balaban J connectivity index is 2.43. The van der Waals surface area contributed by atoms with E-state index in [1.165, 1.54) is 0 Å². The highest BCUT2D eigenvalue weighted by atomic mass is 16.3. The van der Waals surface area contributed by atoms with Crippen molar-refractivity contribution in [3.05, 3.63) is 0 Å². The molecule has 1 rings (SSSR count). The number of carbonyl (C=O) groups excluding carboxylic acids is 1. The summed E-state index contributed by atoms with van der Waals surface area (Å²) >= 11 is 0. The lowest BCUT2D eigenvalue weighted by molar-refractivity contribution is -0.121. The standard InChI is InChI=1S/C10H19NO2/c1-3-9(12)7-11-6-4-5-10(13)8(11)2/h8,10,13H,3-7H2,1-2H3. The third-order valence-electron chi connectivity index (χ3n) is 2.85. The number of piperidine rings is 1. The van der Waals surface area contributed by atoms with Gasteiger partial charge >= 0.3 is 0 Å². The van der Waals surface area contributed by atoms with Crippen LogP contribution in [0.25, 0.3) is 0 Å². The van der Waals surface area contributed by atoms with E-state index in [0.717, 1.165) is 19.4 Å². The quantitative estimate of drug-likeness (QED) is 0.707.